The number of para-hydroxylation sites is 1. The van der Waals surface area contributed by atoms with Crippen molar-refractivity contribution >= 4 is 39.5 Å². The van der Waals surface area contributed by atoms with Gasteiger partial charge in [0.15, 0.2) is 11.6 Å². The first kappa shape index (κ1) is 29.6. The molecule has 0 spiro atoms. The Hall–Kier alpha value is -6.33. The minimum atomic E-state index is 0.612. The van der Waals surface area contributed by atoms with Crippen LogP contribution in [0.2, 0.25) is 0 Å². The first-order valence-electron chi connectivity index (χ1n) is 17.8. The normalized spacial score (nSPS) is 13.7. The summed E-state index contributed by atoms with van der Waals surface area (Å²) in [6, 6.07) is 46.8. The molecular weight excluding hydrogens is 623 g/mol. The van der Waals surface area contributed by atoms with E-state index in [1.165, 1.54) is 50.0 Å². The fraction of sp³-hybridized carbons (Fsp3) is 0.109. The van der Waals surface area contributed by atoms with Crippen LogP contribution in [0.25, 0.3) is 68.3 Å². The molecule has 2 aliphatic rings. The number of nitrogens with zero attached hydrogens (tertiary/aromatic N) is 5. The predicted molar refractivity (Wildman–Crippen MR) is 209 cm³/mol. The molecule has 0 saturated carbocycles. The van der Waals surface area contributed by atoms with E-state index in [0.717, 1.165) is 54.4 Å². The first-order valence-corrected chi connectivity index (χ1v) is 17.8. The second-order valence-electron chi connectivity index (χ2n) is 13.5. The van der Waals surface area contributed by atoms with Crippen molar-refractivity contribution in [3.63, 3.8) is 0 Å². The third-order valence-electron chi connectivity index (χ3n) is 10.5. The summed E-state index contributed by atoms with van der Waals surface area (Å²) in [7, 11) is 0. The molecule has 5 aromatic carbocycles. The van der Waals surface area contributed by atoms with Gasteiger partial charge >= 0.3 is 0 Å². The van der Waals surface area contributed by atoms with E-state index >= 15 is 0 Å². The van der Waals surface area contributed by atoms with Crippen LogP contribution in [0, 0.1) is 0 Å². The van der Waals surface area contributed by atoms with Gasteiger partial charge in [-0.15, -0.1) is 0 Å². The van der Waals surface area contributed by atoms with Gasteiger partial charge in [-0.1, -0.05) is 127 Å². The zero-order valence-electron chi connectivity index (χ0n) is 28.2. The van der Waals surface area contributed by atoms with Crippen molar-refractivity contribution in [2.24, 2.45) is 0 Å². The van der Waals surface area contributed by atoms with E-state index in [-0.39, 0.29) is 0 Å². The highest BCUT2D eigenvalue weighted by molar-refractivity contribution is 6.10. The van der Waals surface area contributed by atoms with Gasteiger partial charge in [-0.3, -0.25) is 4.57 Å². The fourth-order valence-corrected chi connectivity index (χ4v) is 8.04. The minimum absolute atomic E-state index is 0.612. The summed E-state index contributed by atoms with van der Waals surface area (Å²) in [5.74, 6) is 1.92. The van der Waals surface area contributed by atoms with E-state index in [9.17, 15) is 0 Å². The van der Waals surface area contributed by atoms with Crippen molar-refractivity contribution in [3.8, 4) is 28.7 Å². The molecule has 5 nitrogen and oxygen atoms in total. The fourth-order valence-electron chi connectivity index (χ4n) is 8.04. The quantitative estimate of drug-likeness (QED) is 0.179. The number of hydrogen-bond acceptors (Lipinski definition) is 3. The van der Waals surface area contributed by atoms with Gasteiger partial charge in [0.05, 0.1) is 11.0 Å². The molecular formula is C46H35N5. The van der Waals surface area contributed by atoms with Crippen LogP contribution in [0.3, 0.4) is 0 Å². The summed E-state index contributed by atoms with van der Waals surface area (Å²) in [5, 5.41) is 2.38. The van der Waals surface area contributed by atoms with Crippen LogP contribution in [0.1, 0.15) is 46.5 Å². The summed E-state index contributed by atoms with van der Waals surface area (Å²) >= 11 is 0. The molecule has 2 aliphatic carbocycles. The van der Waals surface area contributed by atoms with Gasteiger partial charge in [-0.25, -0.2) is 4.98 Å². The molecule has 0 saturated heterocycles. The van der Waals surface area contributed by atoms with Crippen LogP contribution in [-0.4, -0.2) is 24.1 Å². The first-order chi connectivity index (χ1) is 25.3. The molecule has 5 heteroatoms. The van der Waals surface area contributed by atoms with E-state index in [1.807, 2.05) is 36.4 Å². The van der Waals surface area contributed by atoms with E-state index < -0.39 is 0 Å². The van der Waals surface area contributed by atoms with Crippen molar-refractivity contribution in [2.75, 3.05) is 0 Å². The molecule has 0 fully saturated rings. The van der Waals surface area contributed by atoms with Gasteiger partial charge in [0, 0.05) is 51.0 Å². The van der Waals surface area contributed by atoms with Crippen molar-refractivity contribution < 1.29 is 0 Å². The molecule has 0 bridgehead atoms. The Kier molecular flexibility index (Phi) is 7.09. The topological polar surface area (TPSA) is 48.5 Å². The van der Waals surface area contributed by atoms with Crippen LogP contribution >= 0.6 is 0 Å². The molecule has 8 aromatic rings. The minimum Gasteiger partial charge on any atom is -0.343 e. The van der Waals surface area contributed by atoms with Gasteiger partial charge in [-0.05, 0) is 66.7 Å². The lowest BCUT2D eigenvalue weighted by molar-refractivity contribution is 0.687. The molecule has 10 rings (SSSR count). The van der Waals surface area contributed by atoms with E-state index in [4.69, 9.17) is 15.0 Å². The number of hydrogen-bond donors (Lipinski definition) is 0. The molecule has 0 N–H and O–H groups in total. The number of rotatable bonds is 6. The summed E-state index contributed by atoms with van der Waals surface area (Å²) in [5.41, 5.74) is 13.8. The molecule has 0 radical (unpaired) electrons. The lowest BCUT2D eigenvalue weighted by atomic mass is 9.89. The molecule has 0 unspecified atom stereocenters. The highest BCUT2D eigenvalue weighted by Gasteiger charge is 2.26. The maximum atomic E-state index is 5.10. The largest absolute Gasteiger partial charge is 0.343 e. The van der Waals surface area contributed by atoms with E-state index in [2.05, 4.69) is 124 Å². The molecule has 0 aliphatic heterocycles. The maximum Gasteiger partial charge on any atom is 0.238 e. The molecule has 0 amide bonds. The summed E-state index contributed by atoms with van der Waals surface area (Å²) in [6.45, 7) is 0.927. The number of fused-ring (bicyclic) bond motifs is 6. The van der Waals surface area contributed by atoms with Crippen LogP contribution in [0.4, 0.5) is 0 Å². The Morgan fingerprint density at radius 1 is 0.529 bits per heavy atom. The van der Waals surface area contributed by atoms with Crippen LogP contribution in [-0.2, 0) is 19.4 Å². The Balaban J connectivity index is 1.12. The molecule has 0 atom stereocenters. The average molecular weight is 658 g/mol. The molecule has 51 heavy (non-hydrogen) atoms. The van der Waals surface area contributed by atoms with Crippen molar-refractivity contribution in [3.05, 3.63) is 173 Å². The number of aromatic nitrogens is 5. The monoisotopic (exact) mass is 657 g/mol. The second kappa shape index (κ2) is 12.2. The maximum absolute atomic E-state index is 5.10. The smallest absolute Gasteiger partial charge is 0.238 e. The van der Waals surface area contributed by atoms with E-state index in [0.29, 0.717) is 17.6 Å². The Bertz CT molecular complexity index is 2590. The molecule has 3 aromatic heterocycles. The Morgan fingerprint density at radius 3 is 1.92 bits per heavy atom. The Labute approximate surface area is 296 Å². The number of allylic oxidation sites excluding steroid dienone is 2. The highest BCUT2D eigenvalue weighted by atomic mass is 15.2. The van der Waals surface area contributed by atoms with Gasteiger partial charge < -0.3 is 4.57 Å². The van der Waals surface area contributed by atoms with Crippen molar-refractivity contribution in [1.82, 2.24) is 24.1 Å². The standard InChI is InChI=1S/C46H35N5/c1-4-14-31(15-5-1)30-50-40-22-12-10-20-36(40)38-28-34(24-26-41(38)50)35-25-27-43-39(29-35)37-21-11-13-23-42(37)51(43)46-48-44(32-16-6-2-7-17-32)47-45(49-46)33-18-8-3-9-19-33/h1-11,13-21,23,25,27-29H,12,22,24,26,30H2. The van der Waals surface area contributed by atoms with Crippen LogP contribution in [0.5, 0.6) is 0 Å². The van der Waals surface area contributed by atoms with Gasteiger partial charge in [-0.2, -0.15) is 9.97 Å². The van der Waals surface area contributed by atoms with Crippen molar-refractivity contribution in [2.45, 2.75) is 32.2 Å². The summed E-state index contributed by atoms with van der Waals surface area (Å²) in [4.78, 5) is 15.1. The third kappa shape index (κ3) is 5.12. The number of benzene rings is 5. The van der Waals surface area contributed by atoms with Crippen molar-refractivity contribution in [1.29, 1.82) is 0 Å². The zero-order chi connectivity index (χ0) is 33.7. The van der Waals surface area contributed by atoms with Crippen LogP contribution in [0.15, 0.2) is 140 Å². The summed E-state index contributed by atoms with van der Waals surface area (Å²) in [6.07, 6.45) is 11.4. The molecule has 244 valence electrons. The second-order valence-corrected chi connectivity index (χ2v) is 13.5. The van der Waals surface area contributed by atoms with E-state index in [1.54, 1.807) is 0 Å². The van der Waals surface area contributed by atoms with Gasteiger partial charge in [0.1, 0.15) is 0 Å². The van der Waals surface area contributed by atoms with Crippen LogP contribution < -0.4 is 0 Å². The molecule has 3 heterocycles. The lowest BCUT2D eigenvalue weighted by Crippen LogP contribution is -2.11. The SMILES string of the molecule is C1=Cc2c3c(n(Cc4ccccc4)c2CC1)CCC(c1ccc2c(c1)c1ccccc1n2-c1nc(-c2ccccc2)nc(-c2ccccc2)n1)=C3. The zero-order valence-corrected chi connectivity index (χ0v) is 28.2. The lowest BCUT2D eigenvalue weighted by Gasteiger charge is -2.19. The average Bonchev–Trinajstić information content (AvgIpc) is 3.70. The van der Waals surface area contributed by atoms with Gasteiger partial charge in [0.25, 0.3) is 0 Å². The summed E-state index contributed by atoms with van der Waals surface area (Å²) < 4.78 is 4.81. The Morgan fingerprint density at radius 2 is 1.18 bits per heavy atom. The predicted octanol–water partition coefficient (Wildman–Crippen LogP) is 10.6. The van der Waals surface area contributed by atoms with Gasteiger partial charge in [0.2, 0.25) is 5.95 Å². The highest BCUT2D eigenvalue weighted by Crippen LogP contribution is 2.40. The third-order valence-corrected chi connectivity index (χ3v) is 10.5.